The first-order valence-electron chi connectivity index (χ1n) is 7.61. The van der Waals surface area contributed by atoms with Crippen molar-refractivity contribution in [2.75, 3.05) is 6.61 Å². The topological polar surface area (TPSA) is 78.9 Å². The second-order valence-corrected chi connectivity index (χ2v) is 6.47. The number of fused-ring (bicyclic) bond motifs is 2. The standard InChI is InChI=1S/C17H11N3O4S/c21-16-14(8-10-4-3-7-22-10)25-17-18-15(19-20(16)17)13-9-23-11-5-1-2-6-12(11)24-13/h1-8,13H,9H2/b14-8+. The first-order valence-corrected chi connectivity index (χ1v) is 8.43. The SMILES string of the molecule is O=c1/c(=C\c2ccco2)sc2nc(C3COc4ccccc4O3)nn12. The minimum Gasteiger partial charge on any atom is -0.485 e. The molecule has 0 bridgehead atoms. The van der Waals surface area contributed by atoms with E-state index in [2.05, 4.69) is 10.1 Å². The molecule has 0 fully saturated rings. The predicted octanol–water partition coefficient (Wildman–Crippen LogP) is 1.80. The number of para-hydroxylation sites is 2. The molecule has 5 rings (SSSR count). The maximum atomic E-state index is 12.5. The van der Waals surface area contributed by atoms with Crippen LogP contribution in [0, 0.1) is 0 Å². The molecule has 0 radical (unpaired) electrons. The number of aromatic nitrogens is 3. The fourth-order valence-corrected chi connectivity index (χ4v) is 3.53. The molecule has 0 saturated heterocycles. The van der Waals surface area contributed by atoms with E-state index in [4.69, 9.17) is 13.9 Å². The van der Waals surface area contributed by atoms with Gasteiger partial charge in [-0.3, -0.25) is 4.79 Å². The number of benzene rings is 1. The normalized spacial score (nSPS) is 17.3. The molecule has 4 aromatic rings. The van der Waals surface area contributed by atoms with Gasteiger partial charge in [-0.1, -0.05) is 23.5 Å². The lowest BCUT2D eigenvalue weighted by Gasteiger charge is -2.24. The molecule has 1 unspecified atom stereocenters. The summed E-state index contributed by atoms with van der Waals surface area (Å²) in [5.74, 6) is 2.38. The van der Waals surface area contributed by atoms with Crippen LogP contribution in [-0.2, 0) is 0 Å². The lowest BCUT2D eigenvalue weighted by Crippen LogP contribution is -2.26. The van der Waals surface area contributed by atoms with Crippen molar-refractivity contribution in [3.63, 3.8) is 0 Å². The van der Waals surface area contributed by atoms with Gasteiger partial charge in [-0.2, -0.15) is 9.50 Å². The van der Waals surface area contributed by atoms with Gasteiger partial charge in [0, 0.05) is 6.08 Å². The zero-order valence-electron chi connectivity index (χ0n) is 12.8. The van der Waals surface area contributed by atoms with Crippen LogP contribution in [0.2, 0.25) is 0 Å². The van der Waals surface area contributed by atoms with Crippen LogP contribution < -0.4 is 19.6 Å². The van der Waals surface area contributed by atoms with E-state index in [1.807, 2.05) is 24.3 Å². The van der Waals surface area contributed by atoms with Crippen LogP contribution >= 0.6 is 11.3 Å². The highest BCUT2D eigenvalue weighted by Crippen LogP contribution is 2.35. The number of thiazole rings is 1. The second kappa shape index (κ2) is 5.45. The van der Waals surface area contributed by atoms with E-state index in [0.717, 1.165) is 0 Å². The van der Waals surface area contributed by atoms with Gasteiger partial charge in [0.2, 0.25) is 4.96 Å². The molecule has 8 heteroatoms. The summed E-state index contributed by atoms with van der Waals surface area (Å²) in [6.07, 6.45) is 2.79. The maximum Gasteiger partial charge on any atom is 0.291 e. The van der Waals surface area contributed by atoms with Gasteiger partial charge < -0.3 is 13.9 Å². The Balaban J connectivity index is 1.51. The van der Waals surface area contributed by atoms with E-state index in [1.54, 1.807) is 24.5 Å². The van der Waals surface area contributed by atoms with Gasteiger partial charge >= 0.3 is 0 Å². The average molecular weight is 353 g/mol. The Morgan fingerprint density at radius 2 is 2.08 bits per heavy atom. The van der Waals surface area contributed by atoms with Crippen molar-refractivity contribution >= 4 is 22.4 Å². The summed E-state index contributed by atoms with van der Waals surface area (Å²) < 4.78 is 18.6. The summed E-state index contributed by atoms with van der Waals surface area (Å²) in [5.41, 5.74) is -0.229. The zero-order chi connectivity index (χ0) is 16.8. The van der Waals surface area contributed by atoms with Gasteiger partial charge in [0.25, 0.3) is 5.56 Å². The number of hydrogen-bond donors (Lipinski definition) is 0. The number of hydrogen-bond acceptors (Lipinski definition) is 7. The predicted molar refractivity (Wildman–Crippen MR) is 89.9 cm³/mol. The third-order valence-electron chi connectivity index (χ3n) is 3.81. The van der Waals surface area contributed by atoms with E-state index in [1.165, 1.54) is 15.9 Å². The highest BCUT2D eigenvalue weighted by Gasteiger charge is 2.27. The molecule has 7 nitrogen and oxygen atoms in total. The molecule has 4 heterocycles. The van der Waals surface area contributed by atoms with Gasteiger partial charge in [0.05, 0.1) is 6.26 Å². The van der Waals surface area contributed by atoms with E-state index >= 15 is 0 Å². The highest BCUT2D eigenvalue weighted by molar-refractivity contribution is 7.15. The molecular weight excluding hydrogens is 342 g/mol. The largest absolute Gasteiger partial charge is 0.485 e. The Bertz CT molecular complexity index is 1160. The molecule has 0 amide bonds. The molecular formula is C17H11N3O4S. The third-order valence-corrected chi connectivity index (χ3v) is 4.77. The summed E-state index contributed by atoms with van der Waals surface area (Å²) in [5, 5.41) is 4.31. The minimum absolute atomic E-state index is 0.229. The van der Waals surface area contributed by atoms with E-state index in [0.29, 0.717) is 39.2 Å². The molecule has 0 saturated carbocycles. The van der Waals surface area contributed by atoms with E-state index < -0.39 is 6.10 Å². The van der Waals surface area contributed by atoms with Crippen LogP contribution in [0.3, 0.4) is 0 Å². The van der Waals surface area contributed by atoms with Crippen molar-refractivity contribution in [1.82, 2.24) is 14.6 Å². The fourth-order valence-electron chi connectivity index (χ4n) is 2.63. The smallest absolute Gasteiger partial charge is 0.291 e. The number of furan rings is 1. The van der Waals surface area contributed by atoms with E-state index in [-0.39, 0.29) is 5.56 Å². The van der Waals surface area contributed by atoms with Crippen LogP contribution in [-0.4, -0.2) is 21.2 Å². The number of rotatable bonds is 2. The molecule has 0 N–H and O–H groups in total. The van der Waals surface area contributed by atoms with Gasteiger partial charge in [-0.15, -0.1) is 5.10 Å². The Hall–Kier alpha value is -3.13. The molecule has 1 aromatic carbocycles. The molecule has 0 spiro atoms. The third kappa shape index (κ3) is 2.38. The van der Waals surface area contributed by atoms with Gasteiger partial charge in [-0.05, 0) is 24.3 Å². The molecule has 124 valence electrons. The molecule has 1 aliphatic heterocycles. The number of nitrogens with zero attached hydrogens (tertiary/aromatic N) is 3. The van der Waals surface area contributed by atoms with Crippen molar-refractivity contribution in [3.8, 4) is 11.5 Å². The zero-order valence-corrected chi connectivity index (χ0v) is 13.6. The first kappa shape index (κ1) is 14.2. The molecule has 0 aliphatic carbocycles. The molecule has 1 aliphatic rings. The second-order valence-electron chi connectivity index (χ2n) is 5.46. The summed E-state index contributed by atoms with van der Waals surface area (Å²) >= 11 is 1.26. The summed E-state index contributed by atoms with van der Waals surface area (Å²) in [4.78, 5) is 17.4. The van der Waals surface area contributed by atoms with Gasteiger partial charge in [0.15, 0.2) is 23.4 Å². The Morgan fingerprint density at radius 3 is 2.88 bits per heavy atom. The monoisotopic (exact) mass is 353 g/mol. The van der Waals surface area contributed by atoms with Crippen LogP contribution in [0.1, 0.15) is 17.7 Å². The van der Waals surface area contributed by atoms with Crippen LogP contribution in [0.15, 0.2) is 51.9 Å². The lowest BCUT2D eigenvalue weighted by atomic mass is 10.2. The first-order chi connectivity index (χ1) is 12.3. The van der Waals surface area contributed by atoms with Gasteiger partial charge in [-0.25, -0.2) is 0 Å². The molecule has 3 aromatic heterocycles. The lowest BCUT2D eigenvalue weighted by molar-refractivity contribution is 0.0852. The Labute approximate surface area is 144 Å². The maximum absolute atomic E-state index is 12.5. The fraction of sp³-hybridized carbons (Fsp3) is 0.118. The number of ether oxygens (including phenoxy) is 2. The summed E-state index contributed by atoms with van der Waals surface area (Å²) in [6.45, 7) is 0.300. The summed E-state index contributed by atoms with van der Waals surface area (Å²) in [6, 6.07) is 11.0. The van der Waals surface area contributed by atoms with Crippen molar-refractivity contribution in [2.24, 2.45) is 0 Å². The van der Waals surface area contributed by atoms with Crippen LogP contribution in [0.5, 0.6) is 11.5 Å². The highest BCUT2D eigenvalue weighted by atomic mass is 32.1. The van der Waals surface area contributed by atoms with Crippen LogP contribution in [0.4, 0.5) is 0 Å². The quantitative estimate of drug-likeness (QED) is 0.547. The Kier molecular flexibility index (Phi) is 3.10. The van der Waals surface area contributed by atoms with Gasteiger partial charge in [0.1, 0.15) is 16.9 Å². The van der Waals surface area contributed by atoms with Crippen molar-refractivity contribution < 1.29 is 13.9 Å². The van der Waals surface area contributed by atoms with Crippen molar-refractivity contribution in [1.29, 1.82) is 0 Å². The summed E-state index contributed by atoms with van der Waals surface area (Å²) in [7, 11) is 0. The van der Waals surface area contributed by atoms with Crippen molar-refractivity contribution in [2.45, 2.75) is 6.10 Å². The Morgan fingerprint density at radius 1 is 1.20 bits per heavy atom. The van der Waals surface area contributed by atoms with E-state index in [9.17, 15) is 4.79 Å². The average Bonchev–Trinajstić information content (AvgIpc) is 3.35. The van der Waals surface area contributed by atoms with Crippen molar-refractivity contribution in [3.05, 3.63) is 69.1 Å². The molecule has 1 atom stereocenters. The minimum atomic E-state index is -0.445. The van der Waals surface area contributed by atoms with Crippen LogP contribution in [0.25, 0.3) is 11.0 Å². The molecule has 25 heavy (non-hydrogen) atoms.